The van der Waals surface area contributed by atoms with Gasteiger partial charge in [0.25, 0.3) is 5.91 Å². The Morgan fingerprint density at radius 1 is 1.00 bits per heavy atom. The minimum atomic E-state index is -0.437. The number of halogens is 1. The van der Waals surface area contributed by atoms with Gasteiger partial charge in [0, 0.05) is 36.3 Å². The molecule has 0 heterocycles. The Morgan fingerprint density at radius 3 is 2.19 bits per heavy atom. The third-order valence-electron chi connectivity index (χ3n) is 4.92. The molecule has 0 saturated heterocycles. The van der Waals surface area contributed by atoms with Crippen molar-refractivity contribution in [1.29, 1.82) is 0 Å². The molecular formula is C24H29ClN2O4. The summed E-state index contributed by atoms with van der Waals surface area (Å²) in [7, 11) is 1.57. The van der Waals surface area contributed by atoms with Crippen molar-refractivity contribution in [2.45, 2.75) is 33.6 Å². The van der Waals surface area contributed by atoms with Crippen molar-refractivity contribution in [3.63, 3.8) is 0 Å². The smallest absolute Gasteiger partial charge is 0.325 e. The number of para-hydroxylation sites is 1. The Morgan fingerprint density at radius 2 is 1.61 bits per heavy atom. The van der Waals surface area contributed by atoms with Gasteiger partial charge in [0.15, 0.2) is 0 Å². The quantitative estimate of drug-likeness (QED) is 0.537. The van der Waals surface area contributed by atoms with Crippen molar-refractivity contribution >= 4 is 35.1 Å². The Labute approximate surface area is 188 Å². The van der Waals surface area contributed by atoms with E-state index in [0.717, 1.165) is 16.8 Å². The van der Waals surface area contributed by atoms with E-state index < -0.39 is 5.97 Å². The van der Waals surface area contributed by atoms with Crippen molar-refractivity contribution in [1.82, 2.24) is 4.90 Å². The monoisotopic (exact) mass is 444 g/mol. The lowest BCUT2D eigenvalue weighted by atomic mass is 10.1. The molecule has 2 amide bonds. The van der Waals surface area contributed by atoms with Crippen LogP contribution in [0.5, 0.6) is 0 Å². The van der Waals surface area contributed by atoms with Crippen LogP contribution in [0.2, 0.25) is 5.02 Å². The highest BCUT2D eigenvalue weighted by Gasteiger charge is 2.22. The van der Waals surface area contributed by atoms with Crippen LogP contribution in [0.1, 0.15) is 41.3 Å². The maximum absolute atomic E-state index is 13.3. The van der Waals surface area contributed by atoms with Gasteiger partial charge < -0.3 is 14.5 Å². The standard InChI is InChI=1S/C24H29ClN2O4/c1-5-31-22(29)16-26(4)21(28)10-7-15-27(23-17(2)8-6-9-18(23)3)24(30)19-11-13-20(25)14-12-19/h6,8-9,11-14H,5,7,10,15-16H2,1-4H3. The summed E-state index contributed by atoms with van der Waals surface area (Å²) in [5.74, 6) is -0.761. The SMILES string of the molecule is CCOC(=O)CN(C)C(=O)CCCN(C(=O)c1ccc(Cl)cc1)c1c(C)cccc1C. The summed E-state index contributed by atoms with van der Waals surface area (Å²) in [6, 6.07) is 12.6. The number of likely N-dealkylation sites (N-methyl/N-ethyl adjacent to an activating group) is 1. The van der Waals surface area contributed by atoms with E-state index in [1.54, 1.807) is 43.1 Å². The lowest BCUT2D eigenvalue weighted by Crippen LogP contribution is -2.35. The molecule has 2 aromatic rings. The largest absolute Gasteiger partial charge is 0.465 e. The molecule has 0 aliphatic rings. The first-order valence-corrected chi connectivity index (χ1v) is 10.7. The minimum absolute atomic E-state index is 0.0863. The number of benzene rings is 2. The summed E-state index contributed by atoms with van der Waals surface area (Å²) in [6.45, 7) is 6.20. The fourth-order valence-corrected chi connectivity index (χ4v) is 3.49. The summed E-state index contributed by atoms with van der Waals surface area (Å²) in [5, 5.41) is 0.561. The van der Waals surface area contributed by atoms with E-state index in [-0.39, 0.29) is 31.4 Å². The summed E-state index contributed by atoms with van der Waals surface area (Å²) in [5.41, 5.74) is 3.33. The zero-order valence-corrected chi connectivity index (χ0v) is 19.2. The normalized spacial score (nSPS) is 10.5. The molecule has 0 fully saturated rings. The average molecular weight is 445 g/mol. The van der Waals surface area contributed by atoms with Gasteiger partial charge in [-0.1, -0.05) is 29.8 Å². The van der Waals surface area contributed by atoms with Gasteiger partial charge in [0.05, 0.1) is 6.61 Å². The Kier molecular flexibility index (Phi) is 9.06. The highest BCUT2D eigenvalue weighted by molar-refractivity contribution is 6.30. The summed E-state index contributed by atoms with van der Waals surface area (Å²) in [6.07, 6.45) is 0.671. The van der Waals surface area contributed by atoms with Gasteiger partial charge in [-0.3, -0.25) is 14.4 Å². The molecule has 0 bridgehead atoms. The Bertz CT molecular complexity index is 907. The average Bonchev–Trinajstić information content (AvgIpc) is 2.72. The van der Waals surface area contributed by atoms with Crippen LogP contribution in [0.3, 0.4) is 0 Å². The number of amides is 2. The lowest BCUT2D eigenvalue weighted by molar-refractivity contribution is -0.148. The van der Waals surface area contributed by atoms with Gasteiger partial charge in [-0.25, -0.2) is 0 Å². The van der Waals surface area contributed by atoms with Crippen LogP contribution in [0.4, 0.5) is 5.69 Å². The lowest BCUT2D eigenvalue weighted by Gasteiger charge is -2.27. The van der Waals surface area contributed by atoms with Gasteiger partial charge >= 0.3 is 5.97 Å². The molecule has 6 nitrogen and oxygen atoms in total. The molecule has 166 valence electrons. The highest BCUT2D eigenvalue weighted by Crippen LogP contribution is 2.27. The number of nitrogens with zero attached hydrogens (tertiary/aromatic N) is 2. The van der Waals surface area contributed by atoms with Crippen molar-refractivity contribution in [3.05, 3.63) is 64.2 Å². The van der Waals surface area contributed by atoms with E-state index in [2.05, 4.69) is 0 Å². The van der Waals surface area contributed by atoms with Crippen molar-refractivity contribution in [2.24, 2.45) is 0 Å². The summed E-state index contributed by atoms with van der Waals surface area (Å²) in [4.78, 5) is 40.4. The van der Waals surface area contributed by atoms with E-state index in [1.807, 2.05) is 32.0 Å². The predicted molar refractivity (Wildman–Crippen MR) is 123 cm³/mol. The van der Waals surface area contributed by atoms with Crippen LogP contribution < -0.4 is 4.90 Å². The third kappa shape index (κ3) is 6.82. The molecule has 2 rings (SSSR count). The van der Waals surface area contributed by atoms with Crippen LogP contribution in [0.15, 0.2) is 42.5 Å². The number of carbonyl (C=O) groups is 3. The van der Waals surface area contributed by atoms with Gasteiger partial charge in [-0.15, -0.1) is 0 Å². The summed E-state index contributed by atoms with van der Waals surface area (Å²) >= 11 is 5.97. The minimum Gasteiger partial charge on any atom is -0.465 e. The zero-order valence-electron chi connectivity index (χ0n) is 18.5. The number of hydrogen-bond donors (Lipinski definition) is 0. The molecule has 31 heavy (non-hydrogen) atoms. The molecule has 0 spiro atoms. The first-order valence-electron chi connectivity index (χ1n) is 10.3. The topological polar surface area (TPSA) is 66.9 Å². The second kappa shape index (κ2) is 11.5. The molecule has 0 aliphatic carbocycles. The summed E-state index contributed by atoms with van der Waals surface area (Å²) < 4.78 is 4.88. The molecule has 0 unspecified atom stereocenters. The molecule has 0 aliphatic heterocycles. The van der Waals surface area contributed by atoms with E-state index in [1.165, 1.54) is 4.90 Å². The van der Waals surface area contributed by atoms with Crippen molar-refractivity contribution in [2.75, 3.05) is 31.6 Å². The number of carbonyl (C=O) groups excluding carboxylic acids is 3. The number of ether oxygens (including phenoxy) is 1. The zero-order chi connectivity index (χ0) is 23.0. The number of anilines is 1. The van der Waals surface area contributed by atoms with Gasteiger partial charge in [-0.05, 0) is 62.6 Å². The second-order valence-electron chi connectivity index (χ2n) is 7.36. The molecule has 0 atom stereocenters. The predicted octanol–water partition coefficient (Wildman–Crippen LogP) is 4.41. The molecular weight excluding hydrogens is 416 g/mol. The number of hydrogen-bond acceptors (Lipinski definition) is 4. The van der Waals surface area contributed by atoms with Crippen LogP contribution in [-0.2, 0) is 14.3 Å². The number of aryl methyl sites for hydroxylation is 2. The maximum Gasteiger partial charge on any atom is 0.325 e. The number of rotatable bonds is 9. The first-order chi connectivity index (χ1) is 14.7. The molecule has 0 aromatic heterocycles. The Balaban J connectivity index is 2.15. The molecule has 0 saturated carbocycles. The highest BCUT2D eigenvalue weighted by atomic mass is 35.5. The Hall–Kier alpha value is -2.86. The second-order valence-corrected chi connectivity index (χ2v) is 7.80. The number of esters is 1. The van der Waals surface area contributed by atoms with E-state index in [9.17, 15) is 14.4 Å². The molecule has 0 N–H and O–H groups in total. The fourth-order valence-electron chi connectivity index (χ4n) is 3.36. The van der Waals surface area contributed by atoms with Gasteiger partial charge in [0.2, 0.25) is 5.91 Å². The fraction of sp³-hybridized carbons (Fsp3) is 0.375. The molecule has 7 heteroatoms. The van der Waals surface area contributed by atoms with Gasteiger partial charge in [-0.2, -0.15) is 0 Å². The molecule has 2 aromatic carbocycles. The van der Waals surface area contributed by atoms with Crippen LogP contribution in [-0.4, -0.2) is 49.4 Å². The van der Waals surface area contributed by atoms with E-state index in [0.29, 0.717) is 23.6 Å². The maximum atomic E-state index is 13.3. The van der Waals surface area contributed by atoms with Crippen molar-refractivity contribution in [3.8, 4) is 0 Å². The van der Waals surface area contributed by atoms with Crippen molar-refractivity contribution < 1.29 is 19.1 Å². The van der Waals surface area contributed by atoms with Gasteiger partial charge in [0.1, 0.15) is 6.54 Å². The van der Waals surface area contributed by atoms with Crippen LogP contribution >= 0.6 is 11.6 Å². The first kappa shape index (κ1) is 24.4. The third-order valence-corrected chi connectivity index (χ3v) is 5.17. The molecule has 0 radical (unpaired) electrons. The van der Waals surface area contributed by atoms with E-state index >= 15 is 0 Å². The van der Waals surface area contributed by atoms with E-state index in [4.69, 9.17) is 16.3 Å². The van der Waals surface area contributed by atoms with Crippen LogP contribution in [0.25, 0.3) is 0 Å². The van der Waals surface area contributed by atoms with Crippen LogP contribution in [0, 0.1) is 13.8 Å².